The molecule has 0 bridgehead atoms. The highest BCUT2D eigenvalue weighted by molar-refractivity contribution is 5.81. The van der Waals surface area contributed by atoms with E-state index in [1.165, 1.54) is 0 Å². The predicted octanol–water partition coefficient (Wildman–Crippen LogP) is 1.11. The molecule has 27 heavy (non-hydrogen) atoms. The topological polar surface area (TPSA) is 146 Å². The molecular weight excluding hydrogens is 356 g/mol. The van der Waals surface area contributed by atoms with Crippen molar-refractivity contribution in [3.05, 3.63) is 10.4 Å². The number of ether oxygens (including phenoxy) is 3. The summed E-state index contributed by atoms with van der Waals surface area (Å²) in [6, 6.07) is 0. The number of carbonyl (C=O) groups excluding carboxylic acids is 1. The maximum absolute atomic E-state index is 12.6. The van der Waals surface area contributed by atoms with E-state index in [9.17, 15) is 15.0 Å². The minimum atomic E-state index is -1.30. The summed E-state index contributed by atoms with van der Waals surface area (Å²) in [5.41, 5.74) is 7.78. The molecule has 1 fully saturated rings. The summed E-state index contributed by atoms with van der Waals surface area (Å²) in [7, 11) is 0. The molecule has 1 aliphatic heterocycles. The number of azide groups is 1. The second-order valence-electron chi connectivity index (χ2n) is 7.78. The van der Waals surface area contributed by atoms with Crippen LogP contribution < -0.4 is 5.32 Å². The first-order valence-corrected chi connectivity index (χ1v) is 9.16. The highest BCUT2D eigenvalue weighted by Gasteiger charge is 2.48. The van der Waals surface area contributed by atoms with Crippen molar-refractivity contribution in [2.45, 2.75) is 77.3 Å². The highest BCUT2D eigenvalue weighted by atomic mass is 16.7. The number of aliphatic hydroxyl groups excluding tert-OH is 2. The fraction of sp³-hybridized carbons (Fsp3) is 0.941. The van der Waals surface area contributed by atoms with Gasteiger partial charge in [0.2, 0.25) is 5.91 Å². The Morgan fingerprint density at radius 3 is 2.56 bits per heavy atom. The Morgan fingerprint density at radius 2 is 2.00 bits per heavy atom. The van der Waals surface area contributed by atoms with Gasteiger partial charge in [-0.2, -0.15) is 0 Å². The number of hydrogen-bond donors (Lipinski definition) is 3. The Kier molecular flexibility index (Phi) is 9.44. The summed E-state index contributed by atoms with van der Waals surface area (Å²) in [6.07, 6.45) is -4.49. The zero-order chi connectivity index (χ0) is 20.6. The molecule has 156 valence electrons. The number of hydrogen-bond acceptors (Lipinski definition) is 7. The molecule has 0 radical (unpaired) electrons. The van der Waals surface area contributed by atoms with E-state index < -0.39 is 42.0 Å². The minimum absolute atomic E-state index is 0.0347. The van der Waals surface area contributed by atoms with Gasteiger partial charge >= 0.3 is 0 Å². The first-order chi connectivity index (χ1) is 12.6. The van der Waals surface area contributed by atoms with Crippen LogP contribution in [0.3, 0.4) is 0 Å². The van der Waals surface area contributed by atoms with Crippen LogP contribution in [-0.4, -0.2) is 72.1 Å². The summed E-state index contributed by atoms with van der Waals surface area (Å²) >= 11 is 0. The molecule has 1 heterocycles. The van der Waals surface area contributed by atoms with Gasteiger partial charge in [0.15, 0.2) is 6.29 Å². The second kappa shape index (κ2) is 10.8. The molecule has 3 N–H and O–H groups in total. The molecular formula is C17H32N4O6. The van der Waals surface area contributed by atoms with Gasteiger partial charge in [-0.05, 0) is 46.6 Å². The second-order valence-corrected chi connectivity index (χ2v) is 7.78. The number of nitrogens with one attached hydrogen (secondary N) is 1. The number of amides is 1. The fourth-order valence-electron chi connectivity index (χ4n) is 2.60. The van der Waals surface area contributed by atoms with Crippen molar-refractivity contribution in [2.75, 3.05) is 19.7 Å². The lowest BCUT2D eigenvalue weighted by molar-refractivity contribution is -0.294. The van der Waals surface area contributed by atoms with E-state index in [1.807, 2.05) is 20.8 Å². The van der Waals surface area contributed by atoms with E-state index in [1.54, 1.807) is 13.8 Å². The van der Waals surface area contributed by atoms with Crippen molar-refractivity contribution < 1.29 is 29.2 Å². The first-order valence-electron chi connectivity index (χ1n) is 9.16. The van der Waals surface area contributed by atoms with E-state index in [0.29, 0.717) is 13.0 Å². The van der Waals surface area contributed by atoms with E-state index in [-0.39, 0.29) is 19.3 Å². The molecule has 1 saturated heterocycles. The van der Waals surface area contributed by atoms with Crippen LogP contribution in [0.2, 0.25) is 0 Å². The maximum Gasteiger partial charge on any atom is 0.249 e. The van der Waals surface area contributed by atoms with Gasteiger partial charge in [0.05, 0.1) is 24.4 Å². The molecule has 10 nitrogen and oxygen atoms in total. The lowest BCUT2D eigenvalue weighted by atomic mass is 9.88. The molecule has 2 unspecified atom stereocenters. The number of rotatable bonds is 9. The summed E-state index contributed by atoms with van der Waals surface area (Å²) < 4.78 is 16.9. The molecule has 0 aromatic heterocycles. The maximum atomic E-state index is 12.6. The van der Waals surface area contributed by atoms with E-state index in [0.717, 1.165) is 0 Å². The van der Waals surface area contributed by atoms with Gasteiger partial charge in [0.25, 0.3) is 0 Å². The summed E-state index contributed by atoms with van der Waals surface area (Å²) in [6.45, 7) is 9.69. The van der Waals surface area contributed by atoms with Gasteiger partial charge in [0, 0.05) is 23.9 Å². The molecule has 0 aromatic rings. The standard InChI is InChI=1S/C17H32N4O6/c1-10(2)26-16-13(23)12(22)11(9-25-17(3,4)5)14(27-16)15(24)19-7-6-8-20-21-18/h10-14,16,22-23H,6-9H2,1-5H3,(H,19,24)/t11-,12?,13+,14?,16+/m0/s1. The third-order valence-corrected chi connectivity index (χ3v) is 3.91. The fourth-order valence-corrected chi connectivity index (χ4v) is 2.60. The quantitative estimate of drug-likeness (QED) is 0.233. The van der Waals surface area contributed by atoms with Crippen LogP contribution in [-0.2, 0) is 19.0 Å². The van der Waals surface area contributed by atoms with Gasteiger partial charge in [0.1, 0.15) is 12.2 Å². The predicted molar refractivity (Wildman–Crippen MR) is 97.7 cm³/mol. The van der Waals surface area contributed by atoms with Crippen molar-refractivity contribution in [3.63, 3.8) is 0 Å². The van der Waals surface area contributed by atoms with Gasteiger partial charge in [-0.3, -0.25) is 4.79 Å². The Balaban J connectivity index is 2.84. The van der Waals surface area contributed by atoms with Crippen LogP contribution in [0.25, 0.3) is 10.4 Å². The number of carbonyl (C=O) groups is 1. The largest absolute Gasteiger partial charge is 0.390 e. The van der Waals surface area contributed by atoms with Crippen LogP contribution in [0.1, 0.15) is 41.0 Å². The van der Waals surface area contributed by atoms with Gasteiger partial charge in [-0.1, -0.05) is 5.11 Å². The smallest absolute Gasteiger partial charge is 0.249 e. The normalized spacial score (nSPS) is 28.7. The molecule has 0 aromatic carbocycles. The zero-order valence-electron chi connectivity index (χ0n) is 16.7. The van der Waals surface area contributed by atoms with Crippen LogP contribution in [0.5, 0.6) is 0 Å². The third kappa shape index (κ3) is 8.00. The molecule has 0 spiro atoms. The van der Waals surface area contributed by atoms with Crippen LogP contribution in [0, 0.1) is 5.92 Å². The minimum Gasteiger partial charge on any atom is -0.390 e. The molecule has 0 aliphatic carbocycles. The molecule has 5 atom stereocenters. The monoisotopic (exact) mass is 388 g/mol. The van der Waals surface area contributed by atoms with Gasteiger partial charge < -0.3 is 29.7 Å². The van der Waals surface area contributed by atoms with E-state index >= 15 is 0 Å². The molecule has 0 saturated carbocycles. The third-order valence-electron chi connectivity index (χ3n) is 3.91. The Bertz CT molecular complexity index is 518. The average Bonchev–Trinajstić information content (AvgIpc) is 2.56. The molecule has 10 heteroatoms. The molecule has 1 rings (SSSR count). The average molecular weight is 388 g/mol. The van der Waals surface area contributed by atoms with E-state index in [4.69, 9.17) is 19.7 Å². The first kappa shape index (κ1) is 23.6. The van der Waals surface area contributed by atoms with E-state index in [2.05, 4.69) is 15.3 Å². The Labute approximate surface area is 159 Å². The van der Waals surface area contributed by atoms with Crippen molar-refractivity contribution in [1.82, 2.24) is 5.32 Å². The van der Waals surface area contributed by atoms with Gasteiger partial charge in [-0.15, -0.1) is 0 Å². The summed E-state index contributed by atoms with van der Waals surface area (Å²) in [4.78, 5) is 15.3. The SMILES string of the molecule is CC(C)O[C@@H]1OC(C(=O)NCCCN=[N+]=[N-])[C@@H](COC(C)(C)C)C(O)[C@H]1O. The molecule has 1 amide bonds. The van der Waals surface area contributed by atoms with Crippen molar-refractivity contribution in [1.29, 1.82) is 0 Å². The van der Waals surface area contributed by atoms with Crippen LogP contribution in [0.4, 0.5) is 0 Å². The lowest BCUT2D eigenvalue weighted by Crippen LogP contribution is -2.61. The number of nitrogens with zero attached hydrogens (tertiary/aromatic N) is 3. The van der Waals surface area contributed by atoms with Crippen molar-refractivity contribution >= 4 is 5.91 Å². The van der Waals surface area contributed by atoms with Crippen LogP contribution >= 0.6 is 0 Å². The molecule has 1 aliphatic rings. The Morgan fingerprint density at radius 1 is 1.33 bits per heavy atom. The lowest BCUT2D eigenvalue weighted by Gasteiger charge is -2.43. The number of aliphatic hydroxyl groups is 2. The van der Waals surface area contributed by atoms with Crippen molar-refractivity contribution in [3.8, 4) is 0 Å². The van der Waals surface area contributed by atoms with Crippen LogP contribution in [0.15, 0.2) is 5.11 Å². The summed E-state index contributed by atoms with van der Waals surface area (Å²) in [5.74, 6) is -1.20. The Hall–Kier alpha value is -1.42. The highest BCUT2D eigenvalue weighted by Crippen LogP contribution is 2.29. The van der Waals surface area contributed by atoms with Gasteiger partial charge in [-0.25, -0.2) is 0 Å². The zero-order valence-corrected chi connectivity index (χ0v) is 16.7. The van der Waals surface area contributed by atoms with Crippen molar-refractivity contribution in [2.24, 2.45) is 11.0 Å². The summed E-state index contributed by atoms with van der Waals surface area (Å²) in [5, 5.41) is 27.0.